The van der Waals surface area contributed by atoms with Crippen LogP contribution in [0.25, 0.3) is 0 Å². The van der Waals surface area contributed by atoms with E-state index in [0.29, 0.717) is 18.4 Å². The van der Waals surface area contributed by atoms with Gasteiger partial charge in [-0.05, 0) is 60.7 Å². The van der Waals surface area contributed by atoms with Crippen LogP contribution in [0.2, 0.25) is 5.02 Å². The van der Waals surface area contributed by atoms with Gasteiger partial charge in [-0.3, -0.25) is 4.79 Å². The van der Waals surface area contributed by atoms with E-state index in [1.807, 2.05) is 30.1 Å². The van der Waals surface area contributed by atoms with Crippen LogP contribution in [0.4, 0.5) is 0 Å². The highest BCUT2D eigenvalue weighted by Crippen LogP contribution is 2.46. The number of likely N-dealkylation sites (N-methyl/N-ethyl adjacent to an activating group) is 1. The highest BCUT2D eigenvalue weighted by molar-refractivity contribution is 7.99. The Hall–Kier alpha value is -1.45. The van der Waals surface area contributed by atoms with E-state index in [-0.39, 0.29) is 5.41 Å². The summed E-state index contributed by atoms with van der Waals surface area (Å²) < 4.78 is 0. The van der Waals surface area contributed by atoms with E-state index in [9.17, 15) is 4.79 Å². The number of nitrogens with zero attached hydrogens (tertiary/aromatic N) is 1. The van der Waals surface area contributed by atoms with Gasteiger partial charge in [0.15, 0.2) is 0 Å². The number of piperidine rings is 1. The quantitative estimate of drug-likeness (QED) is 0.712. The summed E-state index contributed by atoms with van der Waals surface area (Å²) in [6, 6.07) is 15.2. The zero-order chi connectivity index (χ0) is 17.6. The minimum absolute atomic E-state index is 0.0789. The number of aryl methyl sites for hydroxylation is 1. The van der Waals surface area contributed by atoms with E-state index >= 15 is 0 Å². The molecule has 2 nitrogen and oxygen atoms in total. The summed E-state index contributed by atoms with van der Waals surface area (Å²) in [5.41, 5.74) is 2.95. The normalized spacial score (nSPS) is 25.5. The number of amides is 1. The summed E-state index contributed by atoms with van der Waals surface area (Å²) in [4.78, 5) is 16.5. The van der Waals surface area contributed by atoms with Gasteiger partial charge in [0.25, 0.3) is 0 Å². The molecule has 0 spiro atoms. The molecule has 25 heavy (non-hydrogen) atoms. The minimum atomic E-state index is 0.0789. The van der Waals surface area contributed by atoms with Crippen molar-refractivity contribution in [3.8, 4) is 0 Å². The summed E-state index contributed by atoms with van der Waals surface area (Å²) in [5, 5.41) is 0.772. The average molecular weight is 372 g/mol. The van der Waals surface area contributed by atoms with Crippen LogP contribution < -0.4 is 0 Å². The second-order valence-electron chi connectivity index (χ2n) is 7.35. The summed E-state index contributed by atoms with van der Waals surface area (Å²) in [6.07, 6.45) is 3.70. The topological polar surface area (TPSA) is 20.3 Å². The smallest absolute Gasteiger partial charge is 0.222 e. The van der Waals surface area contributed by atoms with Crippen molar-refractivity contribution in [1.82, 2.24) is 4.90 Å². The lowest BCUT2D eigenvalue weighted by Crippen LogP contribution is -2.56. The number of carbonyl (C=O) groups is 1. The molecule has 2 aliphatic rings. The summed E-state index contributed by atoms with van der Waals surface area (Å²) >= 11 is 7.86. The number of fused-ring (bicyclic) bond motifs is 3. The van der Waals surface area contributed by atoms with E-state index in [4.69, 9.17) is 11.6 Å². The molecule has 0 aromatic heterocycles. The molecular weight excluding hydrogens is 350 g/mol. The Bertz CT molecular complexity index is 836. The van der Waals surface area contributed by atoms with Crippen molar-refractivity contribution in [2.45, 2.75) is 53.9 Å². The fourth-order valence-corrected chi connectivity index (χ4v) is 5.69. The predicted molar refractivity (Wildman–Crippen MR) is 103 cm³/mol. The summed E-state index contributed by atoms with van der Waals surface area (Å²) in [5.74, 6) is 0.291. The fourth-order valence-electron chi connectivity index (χ4n) is 4.49. The average Bonchev–Trinajstić information content (AvgIpc) is 2.58. The van der Waals surface area contributed by atoms with Gasteiger partial charge in [-0.25, -0.2) is 0 Å². The van der Waals surface area contributed by atoms with Crippen molar-refractivity contribution in [2.75, 3.05) is 7.05 Å². The number of hydrogen-bond acceptors (Lipinski definition) is 2. The largest absolute Gasteiger partial charge is 0.342 e. The number of benzene rings is 2. The lowest BCUT2D eigenvalue weighted by molar-refractivity contribution is -0.138. The number of likely N-dealkylation sites (tertiary alicyclic amines) is 1. The molecule has 1 heterocycles. The zero-order valence-electron chi connectivity index (χ0n) is 14.6. The van der Waals surface area contributed by atoms with Crippen molar-refractivity contribution in [3.63, 3.8) is 0 Å². The SMILES string of the molecule is CN1C(=O)CC[C@]2(C)c3ccc(Sc4cccc(Cl)c4)cc3CC[C@@H]12. The monoisotopic (exact) mass is 371 g/mol. The maximum absolute atomic E-state index is 12.1. The van der Waals surface area contributed by atoms with Crippen LogP contribution in [0.3, 0.4) is 0 Å². The van der Waals surface area contributed by atoms with Crippen LogP contribution in [-0.4, -0.2) is 23.9 Å². The third-order valence-electron chi connectivity index (χ3n) is 5.87. The Kier molecular flexibility index (Phi) is 4.33. The van der Waals surface area contributed by atoms with E-state index < -0.39 is 0 Å². The fraction of sp³-hybridized carbons (Fsp3) is 0.381. The first-order valence-electron chi connectivity index (χ1n) is 8.80. The molecule has 1 saturated heterocycles. The van der Waals surface area contributed by atoms with Gasteiger partial charge in [0.2, 0.25) is 5.91 Å². The number of rotatable bonds is 2. The third-order valence-corrected chi connectivity index (χ3v) is 7.08. The van der Waals surface area contributed by atoms with Crippen LogP contribution in [0.1, 0.15) is 37.3 Å². The van der Waals surface area contributed by atoms with E-state index in [1.165, 1.54) is 16.0 Å². The van der Waals surface area contributed by atoms with E-state index in [0.717, 1.165) is 29.2 Å². The maximum Gasteiger partial charge on any atom is 0.222 e. The Balaban J connectivity index is 1.65. The molecule has 2 aromatic rings. The highest BCUT2D eigenvalue weighted by Gasteiger charge is 2.46. The van der Waals surface area contributed by atoms with Gasteiger partial charge < -0.3 is 4.90 Å². The van der Waals surface area contributed by atoms with Crippen LogP contribution >= 0.6 is 23.4 Å². The Labute approximate surface area is 158 Å². The maximum atomic E-state index is 12.1. The molecule has 1 fully saturated rings. The first kappa shape index (κ1) is 17.0. The second-order valence-corrected chi connectivity index (χ2v) is 8.94. The molecular formula is C21H22ClNOS. The minimum Gasteiger partial charge on any atom is -0.342 e. The Morgan fingerprint density at radius 2 is 1.96 bits per heavy atom. The van der Waals surface area contributed by atoms with Gasteiger partial charge in [-0.1, -0.05) is 42.4 Å². The molecule has 4 rings (SSSR count). The molecule has 1 amide bonds. The Morgan fingerprint density at radius 3 is 2.76 bits per heavy atom. The molecule has 0 radical (unpaired) electrons. The van der Waals surface area contributed by atoms with Gasteiger partial charge in [-0.2, -0.15) is 0 Å². The van der Waals surface area contributed by atoms with Crippen molar-refractivity contribution >= 4 is 29.3 Å². The first-order valence-corrected chi connectivity index (χ1v) is 9.99. The van der Waals surface area contributed by atoms with Gasteiger partial charge in [-0.15, -0.1) is 0 Å². The number of hydrogen-bond donors (Lipinski definition) is 0. The molecule has 0 N–H and O–H groups in total. The molecule has 0 bridgehead atoms. The molecule has 2 atom stereocenters. The molecule has 1 aliphatic heterocycles. The predicted octanol–water partition coefficient (Wildman–Crippen LogP) is 5.32. The van der Waals surface area contributed by atoms with Crippen LogP contribution in [0.5, 0.6) is 0 Å². The third kappa shape index (κ3) is 2.98. The summed E-state index contributed by atoms with van der Waals surface area (Å²) in [6.45, 7) is 2.34. The van der Waals surface area contributed by atoms with E-state index in [2.05, 4.69) is 31.2 Å². The Morgan fingerprint density at radius 1 is 1.16 bits per heavy atom. The standard InChI is InChI=1S/C21H22ClNOS/c1-21-11-10-20(24)23(2)19(21)9-6-14-12-17(7-8-18(14)21)25-16-5-3-4-15(22)13-16/h3-5,7-8,12-13,19H,6,9-11H2,1-2H3/t19-,21-/m1/s1. The first-order chi connectivity index (χ1) is 12.0. The molecule has 4 heteroatoms. The van der Waals surface area contributed by atoms with Gasteiger partial charge in [0, 0.05) is 39.7 Å². The van der Waals surface area contributed by atoms with E-state index in [1.54, 1.807) is 11.8 Å². The highest BCUT2D eigenvalue weighted by atomic mass is 35.5. The van der Waals surface area contributed by atoms with Crippen LogP contribution in [0.15, 0.2) is 52.3 Å². The van der Waals surface area contributed by atoms with Crippen LogP contribution in [0, 0.1) is 0 Å². The molecule has 0 unspecified atom stereocenters. The van der Waals surface area contributed by atoms with Crippen LogP contribution in [-0.2, 0) is 16.6 Å². The lowest BCUT2D eigenvalue weighted by atomic mass is 9.63. The van der Waals surface area contributed by atoms with Gasteiger partial charge >= 0.3 is 0 Å². The number of carbonyl (C=O) groups excluding carboxylic acids is 1. The van der Waals surface area contributed by atoms with Crippen molar-refractivity contribution in [3.05, 3.63) is 58.6 Å². The zero-order valence-corrected chi connectivity index (χ0v) is 16.2. The van der Waals surface area contributed by atoms with Crippen molar-refractivity contribution in [2.24, 2.45) is 0 Å². The van der Waals surface area contributed by atoms with Gasteiger partial charge in [0.05, 0.1) is 0 Å². The van der Waals surface area contributed by atoms with Crippen molar-refractivity contribution in [1.29, 1.82) is 0 Å². The van der Waals surface area contributed by atoms with Crippen molar-refractivity contribution < 1.29 is 4.79 Å². The molecule has 1 aliphatic carbocycles. The lowest BCUT2D eigenvalue weighted by Gasteiger charge is -2.50. The number of halogens is 1. The van der Waals surface area contributed by atoms with Gasteiger partial charge in [0.1, 0.15) is 0 Å². The second kappa shape index (κ2) is 6.37. The molecule has 130 valence electrons. The molecule has 2 aromatic carbocycles. The summed E-state index contributed by atoms with van der Waals surface area (Å²) in [7, 11) is 1.97. The molecule has 0 saturated carbocycles.